The van der Waals surface area contributed by atoms with Gasteiger partial charge in [0.15, 0.2) is 10.1 Å². The molecule has 0 heterocycles. The first-order valence-electron chi connectivity index (χ1n) is 4.85. The van der Waals surface area contributed by atoms with Gasteiger partial charge in [-0.1, -0.05) is 23.2 Å². The van der Waals surface area contributed by atoms with E-state index in [1.807, 2.05) is 0 Å². The fourth-order valence-corrected chi connectivity index (χ4v) is 1.61. The first kappa shape index (κ1) is 21.6. The standard InChI is InChI=1S/C8H8Cl4F6O3/c9-1-5(11,3-19-7(13,14)15)21-6(12,2-10)4-20-8(16,17)18/h1-4H2. The maximum Gasteiger partial charge on any atom is 0.522 e. The first-order valence-corrected chi connectivity index (χ1v) is 6.68. The van der Waals surface area contributed by atoms with Gasteiger partial charge in [-0.3, -0.25) is 9.47 Å². The highest BCUT2D eigenvalue weighted by Crippen LogP contribution is 2.34. The van der Waals surface area contributed by atoms with Crippen LogP contribution in [0, 0.1) is 0 Å². The quantitative estimate of drug-likeness (QED) is 0.440. The molecule has 2 atom stereocenters. The van der Waals surface area contributed by atoms with Crippen LogP contribution in [0.25, 0.3) is 0 Å². The molecule has 0 N–H and O–H groups in total. The minimum atomic E-state index is -5.05. The first-order chi connectivity index (χ1) is 9.24. The molecule has 13 heteroatoms. The zero-order valence-electron chi connectivity index (χ0n) is 9.83. The molecule has 0 rings (SSSR count). The van der Waals surface area contributed by atoms with Crippen molar-refractivity contribution in [3.8, 4) is 0 Å². The molecule has 2 unspecified atom stereocenters. The summed E-state index contributed by atoms with van der Waals surface area (Å²) in [5, 5.41) is -4.72. The lowest BCUT2D eigenvalue weighted by Gasteiger charge is -2.34. The van der Waals surface area contributed by atoms with Crippen molar-refractivity contribution in [2.24, 2.45) is 0 Å². The third-order valence-electron chi connectivity index (χ3n) is 1.67. The van der Waals surface area contributed by atoms with Crippen molar-refractivity contribution in [1.82, 2.24) is 0 Å². The molecule has 0 amide bonds. The van der Waals surface area contributed by atoms with Crippen LogP contribution in [0.15, 0.2) is 0 Å². The second kappa shape index (κ2) is 7.94. The summed E-state index contributed by atoms with van der Waals surface area (Å²) in [7, 11) is 0. The van der Waals surface area contributed by atoms with Crippen LogP contribution in [0.2, 0.25) is 0 Å². The summed E-state index contributed by atoms with van der Waals surface area (Å²) in [6.07, 6.45) is -10.1. The Labute approximate surface area is 135 Å². The molecule has 0 aromatic carbocycles. The van der Waals surface area contributed by atoms with Crippen LogP contribution < -0.4 is 0 Å². The Bertz CT molecular complexity index is 298. The summed E-state index contributed by atoms with van der Waals surface area (Å²) in [4.78, 5) is 0. The molecule has 3 nitrogen and oxygen atoms in total. The minimum absolute atomic E-state index is 0.776. The number of hydrogen-bond acceptors (Lipinski definition) is 3. The van der Waals surface area contributed by atoms with Crippen LogP contribution >= 0.6 is 46.4 Å². The van der Waals surface area contributed by atoms with Gasteiger partial charge in [-0.2, -0.15) is 0 Å². The van der Waals surface area contributed by atoms with Gasteiger partial charge in [0.25, 0.3) is 0 Å². The lowest BCUT2D eigenvalue weighted by Crippen LogP contribution is -2.47. The molecule has 0 aromatic rings. The van der Waals surface area contributed by atoms with E-state index in [-0.39, 0.29) is 0 Å². The van der Waals surface area contributed by atoms with Crippen molar-refractivity contribution < 1.29 is 40.6 Å². The average molecular weight is 408 g/mol. The summed E-state index contributed by atoms with van der Waals surface area (Å²) in [5.41, 5.74) is 0. The zero-order valence-corrected chi connectivity index (χ0v) is 12.9. The predicted molar refractivity (Wildman–Crippen MR) is 63.7 cm³/mol. The van der Waals surface area contributed by atoms with Crippen molar-refractivity contribution in [2.45, 2.75) is 22.8 Å². The van der Waals surface area contributed by atoms with E-state index in [9.17, 15) is 26.3 Å². The van der Waals surface area contributed by atoms with Gasteiger partial charge in [0.2, 0.25) is 0 Å². The molecule has 21 heavy (non-hydrogen) atoms. The van der Waals surface area contributed by atoms with Crippen LogP contribution in [0.4, 0.5) is 26.3 Å². The molecule has 128 valence electrons. The van der Waals surface area contributed by atoms with Crippen molar-refractivity contribution in [3.05, 3.63) is 0 Å². The highest BCUT2D eigenvalue weighted by Gasteiger charge is 2.45. The molecule has 0 spiro atoms. The normalized spacial score (nSPS) is 19.1. The molecule has 0 radical (unpaired) electrons. The monoisotopic (exact) mass is 406 g/mol. The van der Waals surface area contributed by atoms with Gasteiger partial charge in [-0.05, 0) is 0 Å². The second-order valence-electron chi connectivity index (χ2n) is 3.60. The Balaban J connectivity index is 4.79. The van der Waals surface area contributed by atoms with Crippen molar-refractivity contribution in [2.75, 3.05) is 25.0 Å². The third kappa shape index (κ3) is 10.1. The molecule has 0 bridgehead atoms. The number of rotatable bonds is 8. The van der Waals surface area contributed by atoms with Crippen LogP contribution in [0.1, 0.15) is 0 Å². The molecule has 0 saturated heterocycles. The van der Waals surface area contributed by atoms with Gasteiger partial charge < -0.3 is 4.74 Å². The van der Waals surface area contributed by atoms with Crippen molar-refractivity contribution in [3.63, 3.8) is 0 Å². The Hall–Kier alpha value is 0.620. The lowest BCUT2D eigenvalue weighted by atomic mass is 10.3. The minimum Gasteiger partial charge on any atom is -0.331 e. The highest BCUT2D eigenvalue weighted by molar-refractivity contribution is 6.32. The van der Waals surface area contributed by atoms with E-state index in [0.29, 0.717) is 0 Å². The SMILES string of the molecule is FC(F)(F)OCC(Cl)(CCl)OC(Cl)(CCl)COC(F)(F)F. The van der Waals surface area contributed by atoms with Crippen molar-refractivity contribution >= 4 is 46.4 Å². The fourth-order valence-electron chi connectivity index (χ4n) is 0.898. The molecule has 0 aromatic heterocycles. The fraction of sp³-hybridized carbons (Fsp3) is 1.00. The van der Waals surface area contributed by atoms with Gasteiger partial charge in [0.05, 0.1) is 11.8 Å². The maximum atomic E-state index is 11.9. The Kier molecular flexibility index (Phi) is 8.17. The Morgan fingerprint density at radius 2 is 0.952 bits per heavy atom. The number of hydrogen-bond donors (Lipinski definition) is 0. The van der Waals surface area contributed by atoms with Gasteiger partial charge >= 0.3 is 12.7 Å². The van der Waals surface area contributed by atoms with Crippen LogP contribution in [0.5, 0.6) is 0 Å². The van der Waals surface area contributed by atoms with E-state index >= 15 is 0 Å². The summed E-state index contributed by atoms with van der Waals surface area (Å²) in [6, 6.07) is 0. The van der Waals surface area contributed by atoms with Gasteiger partial charge in [0, 0.05) is 0 Å². The van der Waals surface area contributed by atoms with Gasteiger partial charge in [0.1, 0.15) is 13.2 Å². The maximum absolute atomic E-state index is 11.9. The predicted octanol–water partition coefficient (Wildman–Crippen LogP) is 4.42. The molecule has 0 saturated carbocycles. The Morgan fingerprint density at radius 3 is 1.14 bits per heavy atom. The van der Waals surface area contributed by atoms with E-state index in [1.165, 1.54) is 0 Å². The zero-order chi connectivity index (χ0) is 16.9. The lowest BCUT2D eigenvalue weighted by molar-refractivity contribution is -0.344. The Morgan fingerprint density at radius 1 is 0.667 bits per heavy atom. The molecule has 0 aliphatic rings. The summed E-state index contributed by atoms with van der Waals surface area (Å²) in [6.45, 7) is -2.64. The number of ether oxygens (including phenoxy) is 3. The van der Waals surface area contributed by atoms with Gasteiger partial charge in [-0.25, -0.2) is 0 Å². The largest absolute Gasteiger partial charge is 0.522 e. The van der Waals surface area contributed by atoms with Crippen molar-refractivity contribution in [1.29, 1.82) is 0 Å². The van der Waals surface area contributed by atoms with E-state index in [2.05, 4.69) is 9.47 Å². The van der Waals surface area contributed by atoms with Crippen LogP contribution in [0.3, 0.4) is 0 Å². The molecular weight excluding hydrogens is 400 g/mol. The molecule has 0 aliphatic heterocycles. The average Bonchev–Trinajstić information content (AvgIpc) is 2.33. The van der Waals surface area contributed by atoms with E-state index in [0.717, 1.165) is 0 Å². The molecular formula is C8H8Cl4F6O3. The van der Waals surface area contributed by atoms with Gasteiger partial charge in [-0.15, -0.1) is 49.5 Å². The smallest absolute Gasteiger partial charge is 0.331 e. The topological polar surface area (TPSA) is 27.7 Å². The number of halogens is 10. The van der Waals surface area contributed by atoms with Crippen LogP contribution in [-0.2, 0) is 14.2 Å². The summed E-state index contributed by atoms with van der Waals surface area (Å²) >= 11 is 21.8. The summed E-state index contributed by atoms with van der Waals surface area (Å²) < 4.78 is 83.1. The van der Waals surface area contributed by atoms with Crippen LogP contribution in [-0.4, -0.2) is 47.8 Å². The number of alkyl halides is 10. The van der Waals surface area contributed by atoms with E-state index < -0.39 is 47.8 Å². The third-order valence-corrected chi connectivity index (χ3v) is 3.44. The highest BCUT2D eigenvalue weighted by atomic mass is 35.5. The van der Waals surface area contributed by atoms with E-state index in [4.69, 9.17) is 51.1 Å². The van der Waals surface area contributed by atoms with E-state index in [1.54, 1.807) is 0 Å². The summed E-state index contributed by atoms with van der Waals surface area (Å²) in [5.74, 6) is -1.55. The second-order valence-corrected chi connectivity index (χ2v) is 5.52. The molecule has 0 aliphatic carbocycles. The molecule has 0 fully saturated rings.